The zero-order valence-corrected chi connectivity index (χ0v) is 18.3. The van der Waals surface area contributed by atoms with E-state index in [4.69, 9.17) is 18.9 Å². The smallest absolute Gasteiger partial charge is 0.180 e. The molecule has 0 aliphatic carbocycles. The highest BCUT2D eigenvalue weighted by atomic mass is 32.1. The number of aromatic nitrogens is 2. The van der Waals surface area contributed by atoms with Gasteiger partial charge in [0, 0.05) is 10.8 Å². The van der Waals surface area contributed by atoms with Gasteiger partial charge in [-0.3, -0.25) is 0 Å². The van der Waals surface area contributed by atoms with Gasteiger partial charge in [-0.05, 0) is 0 Å². The number of rotatable bonds is 2. The first-order valence-electron chi connectivity index (χ1n) is 9.05. The van der Waals surface area contributed by atoms with Crippen LogP contribution in [0.3, 0.4) is 0 Å². The number of benzene rings is 1. The van der Waals surface area contributed by atoms with E-state index in [0.29, 0.717) is 26.4 Å². The van der Waals surface area contributed by atoms with Crippen LogP contribution in [0.2, 0.25) is 0 Å². The largest absolute Gasteiger partial charge is 0.485 e. The zero-order chi connectivity index (χ0) is 19.7. The Morgan fingerprint density at radius 2 is 1.17 bits per heavy atom. The van der Waals surface area contributed by atoms with Crippen LogP contribution >= 0.6 is 34.4 Å². The van der Waals surface area contributed by atoms with Crippen molar-refractivity contribution < 1.29 is 18.9 Å². The second-order valence-electron chi connectivity index (χ2n) is 6.58. The van der Waals surface area contributed by atoms with Crippen molar-refractivity contribution in [3.63, 3.8) is 0 Å². The van der Waals surface area contributed by atoms with Gasteiger partial charge in [0.1, 0.15) is 48.8 Å². The molecule has 3 aromatic heterocycles. The minimum atomic E-state index is 0.518. The summed E-state index contributed by atoms with van der Waals surface area (Å²) < 4.78 is 42.0. The lowest BCUT2D eigenvalue weighted by Gasteiger charge is -2.18. The molecule has 150 valence electrons. The van der Waals surface area contributed by atoms with Crippen molar-refractivity contribution in [3.05, 3.63) is 10.8 Å². The molecule has 30 heavy (non-hydrogen) atoms. The molecular formula is C18H10N4O4S4. The third kappa shape index (κ3) is 2.30. The Hall–Kier alpha value is -2.54. The molecule has 0 spiro atoms. The number of ether oxygens (including phenoxy) is 4. The molecule has 8 nitrogen and oxygen atoms in total. The quantitative estimate of drug-likeness (QED) is 0.340. The van der Waals surface area contributed by atoms with Gasteiger partial charge in [0.25, 0.3) is 0 Å². The van der Waals surface area contributed by atoms with E-state index in [1.54, 1.807) is 22.7 Å². The molecule has 0 saturated carbocycles. The number of nitrogens with zero attached hydrogens (tertiary/aromatic N) is 4. The van der Waals surface area contributed by atoms with Crippen LogP contribution in [-0.4, -0.2) is 35.2 Å². The van der Waals surface area contributed by atoms with Crippen LogP contribution in [0.25, 0.3) is 31.9 Å². The summed E-state index contributed by atoms with van der Waals surface area (Å²) in [5.74, 6) is 3.01. The molecule has 0 bridgehead atoms. The molecule has 1 aromatic carbocycles. The summed E-state index contributed by atoms with van der Waals surface area (Å²) in [6.45, 7) is 2.14. The van der Waals surface area contributed by atoms with Crippen LogP contribution in [0.15, 0.2) is 19.5 Å². The van der Waals surface area contributed by atoms with Crippen molar-refractivity contribution in [1.29, 1.82) is 0 Å². The molecule has 0 unspecified atom stereocenters. The maximum absolute atomic E-state index is 5.94. The normalized spacial score (nSPS) is 16.0. The van der Waals surface area contributed by atoms with Crippen molar-refractivity contribution in [2.24, 2.45) is 8.73 Å². The van der Waals surface area contributed by atoms with Gasteiger partial charge in [0.15, 0.2) is 23.0 Å². The topological polar surface area (TPSA) is 87.4 Å². The Bertz CT molecular complexity index is 1320. The second kappa shape index (κ2) is 6.48. The fourth-order valence-corrected chi connectivity index (χ4v) is 6.83. The van der Waals surface area contributed by atoms with E-state index in [2.05, 4.69) is 17.5 Å². The molecule has 0 saturated heterocycles. The highest BCUT2D eigenvalue weighted by molar-refractivity contribution is 7.58. The van der Waals surface area contributed by atoms with Gasteiger partial charge < -0.3 is 18.9 Å². The molecule has 0 amide bonds. The van der Waals surface area contributed by atoms with E-state index in [1.807, 2.05) is 10.8 Å². The average Bonchev–Trinajstić information content (AvgIpc) is 3.57. The highest BCUT2D eigenvalue weighted by Crippen LogP contribution is 2.59. The van der Waals surface area contributed by atoms with E-state index >= 15 is 0 Å². The molecule has 12 heteroatoms. The first-order valence-corrected chi connectivity index (χ1v) is 12.3. The van der Waals surface area contributed by atoms with E-state index in [1.165, 1.54) is 23.1 Å². The van der Waals surface area contributed by atoms with Crippen LogP contribution in [0, 0.1) is 0 Å². The lowest BCUT2D eigenvalue weighted by molar-refractivity contribution is 0.174. The van der Waals surface area contributed by atoms with Crippen molar-refractivity contribution >= 4 is 68.2 Å². The van der Waals surface area contributed by atoms with Crippen molar-refractivity contribution in [3.8, 4) is 43.9 Å². The fourth-order valence-electron chi connectivity index (χ4n) is 3.76. The summed E-state index contributed by atoms with van der Waals surface area (Å²) in [7, 11) is 0. The first kappa shape index (κ1) is 17.2. The van der Waals surface area contributed by atoms with Crippen molar-refractivity contribution in [2.45, 2.75) is 0 Å². The van der Waals surface area contributed by atoms with Crippen LogP contribution in [0.4, 0.5) is 11.4 Å². The lowest BCUT2D eigenvalue weighted by Crippen LogP contribution is -2.14. The zero-order valence-electron chi connectivity index (χ0n) is 15.0. The number of thiophene rings is 2. The van der Waals surface area contributed by atoms with E-state index < -0.39 is 0 Å². The van der Waals surface area contributed by atoms with Gasteiger partial charge in [0.2, 0.25) is 0 Å². The summed E-state index contributed by atoms with van der Waals surface area (Å²) in [5, 5.41) is 3.94. The number of fused-ring (bicyclic) bond motifs is 4. The summed E-state index contributed by atoms with van der Waals surface area (Å²) in [4.78, 5) is 1.89. The standard InChI is InChI=1S/C18H10N4O4S4/c1-3-25-15-7(23-1)5-27-17(15)9-11-13(21-29-19-11)10(14-12(9)20-30-22-14)18-16-8(6-28-18)24-2-4-26-16/h5-6H,1-4H2. The Morgan fingerprint density at radius 1 is 0.667 bits per heavy atom. The van der Waals surface area contributed by atoms with Crippen molar-refractivity contribution in [2.75, 3.05) is 26.4 Å². The minimum absolute atomic E-state index is 0.518. The Kier molecular flexibility index (Phi) is 3.71. The molecular weight excluding hydrogens is 464 g/mol. The van der Waals surface area contributed by atoms with Crippen molar-refractivity contribution in [1.82, 2.24) is 8.75 Å². The van der Waals surface area contributed by atoms with Crippen LogP contribution < -0.4 is 18.9 Å². The van der Waals surface area contributed by atoms with Gasteiger partial charge in [-0.2, -0.15) is 17.5 Å². The third-order valence-corrected chi connectivity index (χ3v) is 7.95. The summed E-state index contributed by atoms with van der Waals surface area (Å²) in [6.07, 6.45) is 0. The maximum atomic E-state index is 5.94. The Morgan fingerprint density at radius 3 is 1.70 bits per heavy atom. The summed E-state index contributed by atoms with van der Waals surface area (Å²) in [6, 6.07) is 0. The first-order chi connectivity index (χ1) is 14.9. The fraction of sp³-hybridized carbons (Fsp3) is 0.222. The van der Waals surface area contributed by atoms with Crippen LogP contribution in [-0.2, 0) is 11.4 Å². The van der Waals surface area contributed by atoms with Crippen LogP contribution in [0.5, 0.6) is 23.0 Å². The van der Waals surface area contributed by atoms with Gasteiger partial charge in [-0.15, -0.1) is 22.7 Å². The molecule has 7 rings (SSSR count). The molecule has 0 atom stereocenters. The average molecular weight is 475 g/mol. The highest BCUT2D eigenvalue weighted by Gasteiger charge is 2.33. The SMILES string of the molecule is c1sc(-c2c3c(c(-c4scc5c4OCCO5)c4nsnc24)N=S=N3)c2c1OCCO2. The summed E-state index contributed by atoms with van der Waals surface area (Å²) in [5.41, 5.74) is 4.93. The summed E-state index contributed by atoms with van der Waals surface area (Å²) >= 11 is 5.48. The molecule has 4 aromatic rings. The molecule has 0 radical (unpaired) electrons. The van der Waals surface area contributed by atoms with Gasteiger partial charge >= 0.3 is 0 Å². The van der Waals surface area contributed by atoms with E-state index in [0.717, 1.165) is 66.3 Å². The van der Waals surface area contributed by atoms with E-state index in [9.17, 15) is 0 Å². The van der Waals surface area contributed by atoms with Crippen LogP contribution in [0.1, 0.15) is 0 Å². The van der Waals surface area contributed by atoms with Gasteiger partial charge in [-0.25, -0.2) is 0 Å². The van der Waals surface area contributed by atoms with Gasteiger partial charge in [0.05, 0.1) is 44.0 Å². The molecule has 6 heterocycles. The molecule has 0 fully saturated rings. The van der Waals surface area contributed by atoms with Gasteiger partial charge in [-0.1, -0.05) is 0 Å². The predicted molar refractivity (Wildman–Crippen MR) is 118 cm³/mol. The number of hydrogen-bond acceptors (Lipinski definition) is 11. The Labute approximate surface area is 185 Å². The predicted octanol–water partition coefficient (Wildman–Crippen LogP) is 5.42. The third-order valence-electron chi connectivity index (χ3n) is 4.98. The number of hydrogen-bond donors (Lipinski definition) is 0. The lowest BCUT2D eigenvalue weighted by atomic mass is 10.00. The monoisotopic (exact) mass is 474 g/mol. The molecule has 3 aliphatic rings. The maximum Gasteiger partial charge on any atom is 0.180 e. The molecule has 3 aliphatic heterocycles. The van der Waals surface area contributed by atoms with E-state index in [-0.39, 0.29) is 0 Å². The Balaban J connectivity index is 1.54. The minimum Gasteiger partial charge on any atom is -0.485 e. The second-order valence-corrected chi connectivity index (χ2v) is 9.40. The molecule has 0 N–H and O–H groups in total.